The molecule has 15 heavy (non-hydrogen) atoms. The molecule has 0 atom stereocenters. The van der Waals surface area contributed by atoms with Crippen LogP contribution in [0.5, 0.6) is 0 Å². The zero-order chi connectivity index (χ0) is 11.4. The highest BCUT2D eigenvalue weighted by Gasteiger charge is 2.09. The smallest absolute Gasteiger partial charge is 0.165 e. The maximum Gasteiger partial charge on any atom is 0.165 e. The Labute approximate surface area is 91.7 Å². The molecule has 0 heterocycles. The number of hydrogen-bond donors (Lipinski definition) is 1. The zero-order valence-electron chi connectivity index (χ0n) is 9.87. The van der Waals surface area contributed by atoms with Gasteiger partial charge in [-0.3, -0.25) is 4.79 Å². The van der Waals surface area contributed by atoms with Crippen LogP contribution in [0.2, 0.25) is 0 Å². The van der Waals surface area contributed by atoms with E-state index < -0.39 is 0 Å². The summed E-state index contributed by atoms with van der Waals surface area (Å²) in [6.07, 6.45) is 0. The van der Waals surface area contributed by atoms with Gasteiger partial charge < -0.3 is 5.32 Å². The summed E-state index contributed by atoms with van der Waals surface area (Å²) in [5, 5.41) is 3.29. The van der Waals surface area contributed by atoms with Crippen molar-refractivity contribution < 1.29 is 4.79 Å². The minimum absolute atomic E-state index is 0.0638. The maximum absolute atomic E-state index is 11.7. The number of carbonyl (C=O) groups is 1. The second kappa shape index (κ2) is 4.96. The van der Waals surface area contributed by atoms with Gasteiger partial charge in [-0.1, -0.05) is 13.8 Å². The fourth-order valence-corrected chi connectivity index (χ4v) is 1.40. The number of carbonyl (C=O) groups excluding carboxylic acids is 1. The summed E-state index contributed by atoms with van der Waals surface area (Å²) < 4.78 is 0. The largest absolute Gasteiger partial charge is 0.383 e. The Kier molecular flexibility index (Phi) is 3.89. The van der Waals surface area contributed by atoms with Gasteiger partial charge in [-0.25, -0.2) is 0 Å². The standard InChI is InChI=1S/C13H19NO/c1-9(2)13(15)11-5-7-12(8-6-11)14-10(3)4/h5-10,14H,1-4H3. The van der Waals surface area contributed by atoms with Crippen LogP contribution in [-0.4, -0.2) is 11.8 Å². The average Bonchev–Trinajstić information content (AvgIpc) is 2.17. The van der Waals surface area contributed by atoms with Crippen LogP contribution in [0.3, 0.4) is 0 Å². The highest BCUT2D eigenvalue weighted by atomic mass is 16.1. The van der Waals surface area contributed by atoms with Crippen molar-refractivity contribution in [2.75, 3.05) is 5.32 Å². The first kappa shape index (κ1) is 11.8. The van der Waals surface area contributed by atoms with Crippen molar-refractivity contribution >= 4 is 11.5 Å². The van der Waals surface area contributed by atoms with Gasteiger partial charge in [0, 0.05) is 23.2 Å². The van der Waals surface area contributed by atoms with Gasteiger partial charge in [0.2, 0.25) is 0 Å². The molecule has 0 amide bonds. The number of rotatable bonds is 4. The lowest BCUT2D eigenvalue weighted by atomic mass is 10.0. The molecule has 0 saturated carbocycles. The zero-order valence-corrected chi connectivity index (χ0v) is 9.87. The van der Waals surface area contributed by atoms with Crippen LogP contribution < -0.4 is 5.32 Å². The maximum atomic E-state index is 11.7. The van der Waals surface area contributed by atoms with E-state index in [1.165, 1.54) is 0 Å². The van der Waals surface area contributed by atoms with Gasteiger partial charge in [0.15, 0.2) is 5.78 Å². The number of Topliss-reactive ketones (excluding diaryl/α,β-unsaturated/α-hetero) is 1. The molecule has 0 fully saturated rings. The number of hydrogen-bond acceptors (Lipinski definition) is 2. The minimum atomic E-state index is 0.0638. The Hall–Kier alpha value is -1.31. The first-order chi connectivity index (χ1) is 7.00. The van der Waals surface area contributed by atoms with Crippen LogP contribution in [0.15, 0.2) is 24.3 Å². The Morgan fingerprint density at radius 2 is 1.60 bits per heavy atom. The molecule has 1 aromatic rings. The molecule has 1 aromatic carbocycles. The quantitative estimate of drug-likeness (QED) is 0.764. The third kappa shape index (κ3) is 3.39. The molecule has 0 aromatic heterocycles. The van der Waals surface area contributed by atoms with Crippen molar-refractivity contribution in [2.24, 2.45) is 5.92 Å². The molecule has 1 rings (SSSR count). The SMILES string of the molecule is CC(C)Nc1ccc(C(=O)C(C)C)cc1. The molecule has 2 heteroatoms. The second-order valence-electron chi connectivity index (χ2n) is 4.40. The molecule has 0 radical (unpaired) electrons. The second-order valence-corrected chi connectivity index (χ2v) is 4.40. The van der Waals surface area contributed by atoms with E-state index in [9.17, 15) is 4.79 Å². The Bertz CT molecular complexity index is 325. The van der Waals surface area contributed by atoms with Gasteiger partial charge >= 0.3 is 0 Å². The molecule has 0 spiro atoms. The van der Waals surface area contributed by atoms with Gasteiger partial charge in [0.05, 0.1) is 0 Å². The Morgan fingerprint density at radius 3 is 2.00 bits per heavy atom. The molecule has 0 aliphatic carbocycles. The van der Waals surface area contributed by atoms with Crippen molar-refractivity contribution in [2.45, 2.75) is 33.7 Å². The summed E-state index contributed by atoms with van der Waals surface area (Å²) in [4.78, 5) is 11.7. The van der Waals surface area contributed by atoms with Gasteiger partial charge in [0.25, 0.3) is 0 Å². The normalized spacial score (nSPS) is 10.8. The molecule has 0 aliphatic heterocycles. The summed E-state index contributed by atoms with van der Waals surface area (Å²) in [6, 6.07) is 8.09. The first-order valence-corrected chi connectivity index (χ1v) is 5.41. The molecule has 1 N–H and O–H groups in total. The van der Waals surface area contributed by atoms with E-state index in [0.29, 0.717) is 6.04 Å². The molecular weight excluding hydrogens is 186 g/mol. The summed E-state index contributed by atoms with van der Waals surface area (Å²) in [5.41, 5.74) is 1.85. The van der Waals surface area contributed by atoms with Crippen molar-refractivity contribution in [3.05, 3.63) is 29.8 Å². The van der Waals surface area contributed by atoms with E-state index in [0.717, 1.165) is 11.3 Å². The Balaban J connectivity index is 2.76. The van der Waals surface area contributed by atoms with Crippen LogP contribution in [0, 0.1) is 5.92 Å². The fraction of sp³-hybridized carbons (Fsp3) is 0.462. The van der Waals surface area contributed by atoms with E-state index in [-0.39, 0.29) is 11.7 Å². The average molecular weight is 205 g/mol. The van der Waals surface area contributed by atoms with E-state index >= 15 is 0 Å². The molecule has 0 aliphatic rings. The minimum Gasteiger partial charge on any atom is -0.383 e. The van der Waals surface area contributed by atoms with Crippen LogP contribution in [0.25, 0.3) is 0 Å². The van der Waals surface area contributed by atoms with Crippen LogP contribution in [-0.2, 0) is 0 Å². The van der Waals surface area contributed by atoms with Crippen LogP contribution >= 0.6 is 0 Å². The molecule has 2 nitrogen and oxygen atoms in total. The van der Waals surface area contributed by atoms with Gasteiger partial charge in [-0.2, -0.15) is 0 Å². The highest BCUT2D eigenvalue weighted by molar-refractivity contribution is 5.97. The predicted molar refractivity (Wildman–Crippen MR) is 64.4 cm³/mol. The van der Waals surface area contributed by atoms with E-state index in [4.69, 9.17) is 0 Å². The molecule has 0 bridgehead atoms. The van der Waals surface area contributed by atoms with E-state index in [1.54, 1.807) is 0 Å². The van der Waals surface area contributed by atoms with Crippen molar-refractivity contribution in [1.82, 2.24) is 0 Å². The number of anilines is 1. The van der Waals surface area contributed by atoms with Crippen molar-refractivity contribution in [1.29, 1.82) is 0 Å². The van der Waals surface area contributed by atoms with E-state index in [1.807, 2.05) is 38.1 Å². The van der Waals surface area contributed by atoms with Crippen LogP contribution in [0.1, 0.15) is 38.1 Å². The van der Waals surface area contributed by atoms with Crippen molar-refractivity contribution in [3.63, 3.8) is 0 Å². The topological polar surface area (TPSA) is 29.1 Å². The molecular formula is C13H19NO. The lowest BCUT2D eigenvalue weighted by Gasteiger charge is -2.10. The third-order valence-corrected chi connectivity index (χ3v) is 2.15. The predicted octanol–water partition coefficient (Wildman–Crippen LogP) is 3.35. The number of nitrogens with one attached hydrogen (secondary N) is 1. The fourth-order valence-electron chi connectivity index (χ4n) is 1.40. The number of ketones is 1. The molecule has 0 unspecified atom stereocenters. The summed E-state index contributed by atoms with van der Waals surface area (Å²) >= 11 is 0. The summed E-state index contributed by atoms with van der Waals surface area (Å²) in [7, 11) is 0. The van der Waals surface area contributed by atoms with Gasteiger partial charge in [-0.05, 0) is 38.1 Å². The monoisotopic (exact) mass is 205 g/mol. The summed E-state index contributed by atoms with van der Waals surface area (Å²) in [6.45, 7) is 8.02. The highest BCUT2D eigenvalue weighted by Crippen LogP contribution is 2.13. The lowest BCUT2D eigenvalue weighted by Crippen LogP contribution is -2.10. The molecule has 0 saturated heterocycles. The van der Waals surface area contributed by atoms with E-state index in [2.05, 4.69) is 19.2 Å². The third-order valence-electron chi connectivity index (χ3n) is 2.15. The Morgan fingerprint density at radius 1 is 1.07 bits per heavy atom. The number of benzene rings is 1. The molecule has 82 valence electrons. The lowest BCUT2D eigenvalue weighted by molar-refractivity contribution is 0.0939. The van der Waals surface area contributed by atoms with Gasteiger partial charge in [0.1, 0.15) is 0 Å². The summed E-state index contributed by atoms with van der Waals surface area (Å²) in [5.74, 6) is 0.264. The van der Waals surface area contributed by atoms with Crippen molar-refractivity contribution in [3.8, 4) is 0 Å². The van der Waals surface area contributed by atoms with Gasteiger partial charge in [-0.15, -0.1) is 0 Å². The van der Waals surface area contributed by atoms with Crippen LogP contribution in [0.4, 0.5) is 5.69 Å². The first-order valence-electron chi connectivity index (χ1n) is 5.41.